The van der Waals surface area contributed by atoms with Crippen LogP contribution in [0, 0.1) is 0 Å². The molecule has 1 atom stereocenters. The van der Waals surface area contributed by atoms with E-state index >= 15 is 0 Å². The van der Waals surface area contributed by atoms with Crippen molar-refractivity contribution < 1.29 is 24.2 Å². The van der Waals surface area contributed by atoms with Crippen molar-refractivity contribution in [1.82, 2.24) is 0 Å². The van der Waals surface area contributed by atoms with E-state index in [1.807, 2.05) is 0 Å². The molecule has 0 bridgehead atoms. The summed E-state index contributed by atoms with van der Waals surface area (Å²) in [4.78, 5) is 24.1. The van der Waals surface area contributed by atoms with Gasteiger partial charge in [-0.05, 0) is 70.6 Å². The van der Waals surface area contributed by atoms with E-state index in [4.69, 9.17) is 9.47 Å². The summed E-state index contributed by atoms with van der Waals surface area (Å²) >= 11 is 0. The number of aliphatic hydroxyl groups excluding tert-OH is 1. The molecule has 0 spiro atoms. The van der Waals surface area contributed by atoms with E-state index in [9.17, 15) is 14.7 Å². The standard InChI is InChI=1S/C51H86O5/c1-3-5-7-9-11-12-13-14-15-16-17-18-19-20-21-22-23-24-25-26-27-28-29-30-31-32-33-34-35-36-37-38-40-42-44-46-51(54)56-49(47-52)48-55-50(53)45-43-41-39-10-8-6-4-2/h5,7,11-12,14-15,17-18,20-21,23-24,26-27,49,52H,3-4,6,8-10,13,16,19,22,25,28-48H2,1-2H3/b7-5-,12-11-,15-14-,18-17-,21-20-,24-23-,27-26-. The van der Waals surface area contributed by atoms with Crippen LogP contribution in [-0.4, -0.2) is 36.4 Å². The van der Waals surface area contributed by atoms with Gasteiger partial charge < -0.3 is 14.6 Å². The first kappa shape index (κ1) is 53.1. The Bertz CT molecular complexity index is 1060. The number of carbonyl (C=O) groups excluding carboxylic acids is 2. The monoisotopic (exact) mass is 779 g/mol. The van der Waals surface area contributed by atoms with Gasteiger partial charge in [0.05, 0.1) is 6.61 Å². The number of unbranched alkanes of at least 4 members (excludes halogenated alkanes) is 19. The molecule has 0 aliphatic rings. The molecule has 56 heavy (non-hydrogen) atoms. The largest absolute Gasteiger partial charge is 0.462 e. The van der Waals surface area contributed by atoms with Gasteiger partial charge in [-0.2, -0.15) is 0 Å². The van der Waals surface area contributed by atoms with Crippen molar-refractivity contribution in [1.29, 1.82) is 0 Å². The quantitative estimate of drug-likeness (QED) is 0.0380. The molecule has 0 aromatic heterocycles. The summed E-state index contributed by atoms with van der Waals surface area (Å²) in [5.74, 6) is -0.600. The second-order valence-electron chi connectivity index (χ2n) is 15.1. The van der Waals surface area contributed by atoms with Crippen LogP contribution in [0.5, 0.6) is 0 Å². The van der Waals surface area contributed by atoms with Gasteiger partial charge in [0.2, 0.25) is 0 Å². The summed E-state index contributed by atoms with van der Waals surface area (Å²) < 4.78 is 10.6. The molecule has 0 fully saturated rings. The molecule has 0 aromatic carbocycles. The van der Waals surface area contributed by atoms with Gasteiger partial charge in [-0.15, -0.1) is 0 Å². The van der Waals surface area contributed by atoms with Gasteiger partial charge in [-0.3, -0.25) is 9.59 Å². The number of esters is 2. The van der Waals surface area contributed by atoms with Gasteiger partial charge in [0.1, 0.15) is 6.61 Å². The second kappa shape index (κ2) is 46.5. The number of hydrogen-bond acceptors (Lipinski definition) is 5. The molecule has 5 heteroatoms. The smallest absolute Gasteiger partial charge is 0.306 e. The molecular formula is C51H86O5. The fourth-order valence-corrected chi connectivity index (χ4v) is 6.24. The molecule has 0 aliphatic carbocycles. The van der Waals surface area contributed by atoms with Crippen molar-refractivity contribution in [3.8, 4) is 0 Å². The molecule has 0 aliphatic heterocycles. The second-order valence-corrected chi connectivity index (χ2v) is 15.1. The zero-order valence-corrected chi connectivity index (χ0v) is 36.4. The third-order valence-corrected chi connectivity index (χ3v) is 9.70. The molecule has 0 radical (unpaired) electrons. The van der Waals surface area contributed by atoms with Crippen molar-refractivity contribution in [2.75, 3.05) is 13.2 Å². The first-order valence-corrected chi connectivity index (χ1v) is 23.1. The Hall–Kier alpha value is -2.92. The van der Waals surface area contributed by atoms with E-state index in [0.29, 0.717) is 12.8 Å². The van der Waals surface area contributed by atoms with Crippen LogP contribution in [0.4, 0.5) is 0 Å². The van der Waals surface area contributed by atoms with Gasteiger partial charge in [-0.25, -0.2) is 0 Å². The normalized spacial score (nSPS) is 13.0. The summed E-state index contributed by atoms with van der Waals surface area (Å²) in [6.07, 6.45) is 64.1. The van der Waals surface area contributed by atoms with E-state index in [2.05, 4.69) is 98.9 Å². The predicted molar refractivity (Wildman–Crippen MR) is 242 cm³/mol. The van der Waals surface area contributed by atoms with Gasteiger partial charge >= 0.3 is 11.9 Å². The number of allylic oxidation sites excluding steroid dienone is 14. The Morgan fingerprint density at radius 2 is 0.768 bits per heavy atom. The van der Waals surface area contributed by atoms with Crippen molar-refractivity contribution in [2.24, 2.45) is 0 Å². The maximum atomic E-state index is 12.2. The highest BCUT2D eigenvalue weighted by Gasteiger charge is 2.16. The topological polar surface area (TPSA) is 72.8 Å². The average Bonchev–Trinajstić information content (AvgIpc) is 3.20. The fraction of sp³-hybridized carbons (Fsp3) is 0.686. The molecular weight excluding hydrogens is 693 g/mol. The first-order valence-electron chi connectivity index (χ1n) is 23.1. The Labute approximate surface area is 346 Å². The van der Waals surface area contributed by atoms with Crippen molar-refractivity contribution in [3.63, 3.8) is 0 Å². The molecule has 0 amide bonds. The van der Waals surface area contributed by atoms with Crippen LogP contribution in [-0.2, 0) is 19.1 Å². The van der Waals surface area contributed by atoms with Crippen LogP contribution in [0.2, 0.25) is 0 Å². The number of rotatable bonds is 41. The Balaban J connectivity index is 3.50. The Morgan fingerprint density at radius 1 is 0.429 bits per heavy atom. The Kier molecular flexibility index (Phi) is 44.0. The average molecular weight is 779 g/mol. The van der Waals surface area contributed by atoms with E-state index in [1.165, 1.54) is 96.3 Å². The number of hydrogen-bond donors (Lipinski definition) is 1. The summed E-state index contributed by atoms with van der Waals surface area (Å²) in [6, 6.07) is 0. The predicted octanol–water partition coefficient (Wildman–Crippen LogP) is 15.1. The van der Waals surface area contributed by atoms with Gasteiger partial charge in [0.15, 0.2) is 6.10 Å². The van der Waals surface area contributed by atoms with Crippen LogP contribution in [0.3, 0.4) is 0 Å². The van der Waals surface area contributed by atoms with Crippen LogP contribution < -0.4 is 0 Å². The van der Waals surface area contributed by atoms with Crippen molar-refractivity contribution >= 4 is 11.9 Å². The first-order chi connectivity index (χ1) is 27.6. The molecule has 5 nitrogen and oxygen atoms in total. The molecule has 0 aromatic rings. The fourth-order valence-electron chi connectivity index (χ4n) is 6.24. The minimum absolute atomic E-state index is 0.0674. The molecule has 1 unspecified atom stereocenters. The third-order valence-electron chi connectivity index (χ3n) is 9.70. The maximum Gasteiger partial charge on any atom is 0.306 e. The van der Waals surface area contributed by atoms with Gasteiger partial charge in [0.25, 0.3) is 0 Å². The number of ether oxygens (including phenoxy) is 2. The number of aliphatic hydroxyl groups is 1. The van der Waals surface area contributed by atoms with Gasteiger partial charge in [-0.1, -0.05) is 208 Å². The maximum absolute atomic E-state index is 12.2. The molecule has 0 heterocycles. The molecule has 1 N–H and O–H groups in total. The SMILES string of the molecule is CC/C=C\C/C=C\C/C=C\C/C=C\C/C=C\C/C=C\C/C=C\CCCCCCCCCCCCCCCC(=O)OC(CO)COC(=O)CCCCCCCCC. The van der Waals surface area contributed by atoms with E-state index in [-0.39, 0.29) is 25.2 Å². The summed E-state index contributed by atoms with van der Waals surface area (Å²) in [7, 11) is 0. The minimum atomic E-state index is -0.771. The van der Waals surface area contributed by atoms with E-state index in [1.54, 1.807) is 0 Å². The lowest BCUT2D eigenvalue weighted by Gasteiger charge is -2.15. The minimum Gasteiger partial charge on any atom is -0.462 e. The molecule has 0 rings (SSSR count). The zero-order chi connectivity index (χ0) is 40.7. The highest BCUT2D eigenvalue weighted by atomic mass is 16.6. The van der Waals surface area contributed by atoms with Crippen LogP contribution in [0.25, 0.3) is 0 Å². The van der Waals surface area contributed by atoms with Crippen LogP contribution >= 0.6 is 0 Å². The van der Waals surface area contributed by atoms with Crippen LogP contribution in [0.15, 0.2) is 85.1 Å². The Morgan fingerprint density at radius 3 is 1.16 bits per heavy atom. The lowest BCUT2D eigenvalue weighted by Crippen LogP contribution is -2.28. The number of carbonyl (C=O) groups is 2. The lowest BCUT2D eigenvalue weighted by molar-refractivity contribution is -0.161. The lowest BCUT2D eigenvalue weighted by atomic mass is 10.0. The molecule has 0 saturated carbocycles. The highest BCUT2D eigenvalue weighted by Crippen LogP contribution is 2.14. The van der Waals surface area contributed by atoms with Gasteiger partial charge in [0, 0.05) is 12.8 Å². The summed E-state index contributed by atoms with van der Waals surface area (Å²) in [5, 5.41) is 9.53. The zero-order valence-electron chi connectivity index (χ0n) is 36.4. The highest BCUT2D eigenvalue weighted by molar-refractivity contribution is 5.70. The summed E-state index contributed by atoms with van der Waals surface area (Å²) in [5.41, 5.74) is 0. The molecule has 0 saturated heterocycles. The van der Waals surface area contributed by atoms with E-state index in [0.717, 1.165) is 83.5 Å². The van der Waals surface area contributed by atoms with Crippen molar-refractivity contribution in [2.45, 2.75) is 213 Å². The third kappa shape index (κ3) is 43.8. The summed E-state index contributed by atoms with van der Waals surface area (Å²) in [6.45, 7) is 3.97. The molecule has 320 valence electrons. The van der Waals surface area contributed by atoms with E-state index < -0.39 is 6.10 Å². The van der Waals surface area contributed by atoms with Crippen LogP contribution in [0.1, 0.15) is 206 Å². The van der Waals surface area contributed by atoms with Crippen molar-refractivity contribution in [3.05, 3.63) is 85.1 Å².